The first-order valence-corrected chi connectivity index (χ1v) is 9.77. The fourth-order valence-corrected chi connectivity index (χ4v) is 3.42. The highest BCUT2D eigenvalue weighted by molar-refractivity contribution is 9.10. The second-order valence-corrected chi connectivity index (χ2v) is 7.33. The molecule has 0 amide bonds. The monoisotopic (exact) mass is 410 g/mol. The fourth-order valence-electron chi connectivity index (χ4n) is 3.15. The average Bonchev–Trinajstić information content (AvgIpc) is 2.74. The summed E-state index contributed by atoms with van der Waals surface area (Å²) in [5.41, 5.74) is 7.30. The van der Waals surface area contributed by atoms with Crippen LogP contribution in [0.25, 0.3) is 22.8 Å². The first-order chi connectivity index (χ1) is 13.3. The maximum atomic E-state index is 3.50. The third kappa shape index (κ3) is 4.27. The zero-order chi connectivity index (χ0) is 18.5. The van der Waals surface area contributed by atoms with Crippen LogP contribution in [-0.4, -0.2) is 0 Å². The van der Waals surface area contributed by atoms with Gasteiger partial charge in [0.05, 0.1) is 0 Å². The van der Waals surface area contributed by atoms with Gasteiger partial charge < -0.3 is 0 Å². The Morgan fingerprint density at radius 2 is 1.00 bits per heavy atom. The Hall–Kier alpha value is -2.90. The van der Waals surface area contributed by atoms with Crippen molar-refractivity contribution in [3.05, 3.63) is 130 Å². The summed E-state index contributed by atoms with van der Waals surface area (Å²) in [6.07, 6.45) is 2.25. The van der Waals surface area contributed by atoms with E-state index in [0.29, 0.717) is 0 Å². The van der Waals surface area contributed by atoms with Crippen LogP contribution in [0.1, 0.15) is 16.7 Å². The summed E-state index contributed by atoms with van der Waals surface area (Å²) in [4.78, 5) is 0. The van der Waals surface area contributed by atoms with E-state index in [4.69, 9.17) is 0 Å². The molecule has 0 unspecified atom stereocenters. The quantitative estimate of drug-likeness (QED) is 0.302. The molecule has 0 fully saturated rings. The number of hydrogen-bond acceptors (Lipinski definition) is 0. The van der Waals surface area contributed by atoms with E-state index in [9.17, 15) is 0 Å². The molecule has 0 aliphatic heterocycles. The molecule has 4 rings (SSSR count). The minimum Gasteiger partial charge on any atom is -0.0622 e. The van der Waals surface area contributed by atoms with E-state index in [1.807, 2.05) is 6.07 Å². The zero-order valence-corrected chi connectivity index (χ0v) is 16.4. The highest BCUT2D eigenvalue weighted by Gasteiger charge is 2.06. The summed E-state index contributed by atoms with van der Waals surface area (Å²) < 4.78 is 1.10. The molecule has 0 saturated carbocycles. The van der Waals surface area contributed by atoms with Gasteiger partial charge in [-0.2, -0.15) is 0 Å². The van der Waals surface area contributed by atoms with E-state index in [2.05, 4.69) is 125 Å². The van der Waals surface area contributed by atoms with Gasteiger partial charge in [-0.1, -0.05) is 113 Å². The molecule has 0 aromatic heterocycles. The molecule has 4 aromatic carbocycles. The minimum absolute atomic E-state index is 1.10. The lowest BCUT2D eigenvalue weighted by atomic mass is 9.94. The fraction of sp³-hybridized carbons (Fsp3) is 0. The maximum absolute atomic E-state index is 3.50. The molecule has 0 spiro atoms. The molecule has 0 heterocycles. The molecule has 0 radical (unpaired) electrons. The average molecular weight is 411 g/mol. The van der Waals surface area contributed by atoms with Gasteiger partial charge in [0.25, 0.3) is 0 Å². The van der Waals surface area contributed by atoms with Crippen molar-refractivity contribution in [2.45, 2.75) is 0 Å². The largest absolute Gasteiger partial charge is 0.0622 e. The van der Waals surface area contributed by atoms with Crippen LogP contribution < -0.4 is 0 Å². The van der Waals surface area contributed by atoms with Gasteiger partial charge in [-0.3, -0.25) is 0 Å². The summed E-state index contributed by atoms with van der Waals surface area (Å²) in [5, 5.41) is 0. The molecule has 0 aliphatic rings. The van der Waals surface area contributed by atoms with Gasteiger partial charge in [0.2, 0.25) is 0 Å². The highest BCUT2D eigenvalue weighted by atomic mass is 79.9. The Bertz CT molecular complexity index is 1030. The topological polar surface area (TPSA) is 0 Å². The van der Waals surface area contributed by atoms with Crippen LogP contribution in [0.3, 0.4) is 0 Å². The Kier molecular flexibility index (Phi) is 5.32. The van der Waals surface area contributed by atoms with Crippen molar-refractivity contribution in [2.75, 3.05) is 0 Å². The first kappa shape index (κ1) is 17.5. The molecule has 0 nitrogen and oxygen atoms in total. The van der Waals surface area contributed by atoms with E-state index in [1.165, 1.54) is 33.4 Å². The number of halogens is 1. The Balaban J connectivity index is 1.74. The molecule has 130 valence electrons. The molecule has 0 N–H and O–H groups in total. The molecular weight excluding hydrogens is 392 g/mol. The van der Waals surface area contributed by atoms with E-state index in [1.54, 1.807) is 0 Å². The van der Waals surface area contributed by atoms with Gasteiger partial charge in [0, 0.05) is 4.47 Å². The maximum Gasteiger partial charge on any atom is 0.0175 e. The van der Waals surface area contributed by atoms with E-state index in [0.717, 1.165) is 4.47 Å². The van der Waals surface area contributed by atoms with Crippen molar-refractivity contribution < 1.29 is 0 Å². The van der Waals surface area contributed by atoms with Crippen LogP contribution in [0, 0.1) is 0 Å². The highest BCUT2D eigenvalue weighted by Crippen LogP contribution is 2.29. The Labute approximate surface area is 169 Å². The van der Waals surface area contributed by atoms with Crippen molar-refractivity contribution in [2.24, 2.45) is 0 Å². The molecule has 27 heavy (non-hydrogen) atoms. The molecule has 1 heteroatoms. The van der Waals surface area contributed by atoms with Crippen molar-refractivity contribution in [3.8, 4) is 11.1 Å². The summed E-state index contributed by atoms with van der Waals surface area (Å²) in [7, 11) is 0. The van der Waals surface area contributed by atoms with Crippen LogP contribution >= 0.6 is 15.9 Å². The number of benzene rings is 4. The standard InChI is InChI=1S/C26H19Br/c27-25-17-15-22(16-18-25)21-11-13-24(14-12-21)26(23-9-5-2-6-10-23)19-20-7-3-1-4-8-20/h1-19H. The summed E-state index contributed by atoms with van der Waals surface area (Å²) in [5.74, 6) is 0. The lowest BCUT2D eigenvalue weighted by Gasteiger charge is -2.10. The van der Waals surface area contributed by atoms with Crippen molar-refractivity contribution in [1.29, 1.82) is 0 Å². The van der Waals surface area contributed by atoms with E-state index in [-0.39, 0.29) is 0 Å². The molecular formula is C26H19Br. The van der Waals surface area contributed by atoms with Gasteiger partial charge in [-0.05, 0) is 51.6 Å². The van der Waals surface area contributed by atoms with Gasteiger partial charge in [0.15, 0.2) is 0 Å². The van der Waals surface area contributed by atoms with E-state index < -0.39 is 0 Å². The van der Waals surface area contributed by atoms with Gasteiger partial charge in [-0.15, -0.1) is 0 Å². The van der Waals surface area contributed by atoms with Crippen LogP contribution in [0.4, 0.5) is 0 Å². The number of rotatable bonds is 4. The van der Waals surface area contributed by atoms with Crippen LogP contribution in [0.15, 0.2) is 114 Å². The zero-order valence-electron chi connectivity index (χ0n) is 14.8. The van der Waals surface area contributed by atoms with Crippen molar-refractivity contribution >= 4 is 27.6 Å². The lowest BCUT2D eigenvalue weighted by molar-refractivity contribution is 1.53. The minimum atomic E-state index is 1.10. The SMILES string of the molecule is Brc1ccc(-c2ccc(C(=Cc3ccccc3)c3ccccc3)cc2)cc1. The third-order valence-corrected chi connectivity index (χ3v) is 5.10. The van der Waals surface area contributed by atoms with Gasteiger partial charge in [-0.25, -0.2) is 0 Å². The molecule has 0 atom stereocenters. The Morgan fingerprint density at radius 1 is 0.519 bits per heavy atom. The molecule has 0 bridgehead atoms. The normalized spacial score (nSPS) is 11.4. The Morgan fingerprint density at radius 3 is 1.59 bits per heavy atom. The van der Waals surface area contributed by atoms with Crippen LogP contribution in [0.5, 0.6) is 0 Å². The molecule has 0 aliphatic carbocycles. The van der Waals surface area contributed by atoms with Gasteiger partial charge >= 0.3 is 0 Å². The predicted octanol–water partition coefficient (Wildman–Crippen LogP) is 7.71. The van der Waals surface area contributed by atoms with Crippen LogP contribution in [0.2, 0.25) is 0 Å². The summed E-state index contributed by atoms with van der Waals surface area (Å²) in [6.45, 7) is 0. The number of hydrogen-bond donors (Lipinski definition) is 0. The van der Waals surface area contributed by atoms with Crippen molar-refractivity contribution in [1.82, 2.24) is 0 Å². The second-order valence-electron chi connectivity index (χ2n) is 6.42. The van der Waals surface area contributed by atoms with Crippen LogP contribution in [-0.2, 0) is 0 Å². The van der Waals surface area contributed by atoms with Crippen molar-refractivity contribution in [3.63, 3.8) is 0 Å². The van der Waals surface area contributed by atoms with Gasteiger partial charge in [0.1, 0.15) is 0 Å². The lowest BCUT2D eigenvalue weighted by Crippen LogP contribution is -1.89. The second kappa shape index (κ2) is 8.20. The van der Waals surface area contributed by atoms with E-state index >= 15 is 0 Å². The smallest absolute Gasteiger partial charge is 0.0175 e. The summed E-state index contributed by atoms with van der Waals surface area (Å²) >= 11 is 3.50. The summed E-state index contributed by atoms with van der Waals surface area (Å²) in [6, 6.07) is 38.3. The molecule has 4 aromatic rings. The first-order valence-electron chi connectivity index (χ1n) is 8.98. The molecule has 0 saturated heterocycles. The predicted molar refractivity (Wildman–Crippen MR) is 119 cm³/mol. The third-order valence-electron chi connectivity index (χ3n) is 4.57.